The van der Waals surface area contributed by atoms with Crippen molar-refractivity contribution in [3.05, 3.63) is 76.6 Å². The maximum Gasteiger partial charge on any atom is 0.228 e. The van der Waals surface area contributed by atoms with E-state index in [2.05, 4.69) is 52.0 Å². The Hall–Kier alpha value is -3.06. The number of rotatable bonds is 8. The number of nitrogens with two attached hydrogens (primary N) is 1. The van der Waals surface area contributed by atoms with Gasteiger partial charge in [0.15, 0.2) is 0 Å². The average molecular weight is 459 g/mol. The van der Waals surface area contributed by atoms with Crippen molar-refractivity contribution in [3.63, 3.8) is 0 Å². The minimum Gasteiger partial charge on any atom is -0.369 e. The van der Waals surface area contributed by atoms with Crippen LogP contribution in [0.25, 0.3) is 0 Å². The Balaban J connectivity index is 1.27. The highest BCUT2D eigenvalue weighted by molar-refractivity contribution is 5.90. The van der Waals surface area contributed by atoms with Gasteiger partial charge in [0, 0.05) is 24.5 Å². The predicted molar refractivity (Wildman–Crippen MR) is 132 cm³/mol. The van der Waals surface area contributed by atoms with Gasteiger partial charge in [0.25, 0.3) is 0 Å². The van der Waals surface area contributed by atoms with Crippen molar-refractivity contribution < 1.29 is 4.79 Å². The molecule has 2 fully saturated rings. The summed E-state index contributed by atoms with van der Waals surface area (Å²) in [7, 11) is 2.18. The monoisotopic (exact) mass is 458 g/mol. The lowest BCUT2D eigenvalue weighted by Crippen LogP contribution is -2.31. The maximum atomic E-state index is 12.1. The molecule has 2 N–H and O–H groups in total. The highest BCUT2D eigenvalue weighted by Gasteiger charge is 2.50. The predicted octanol–water partition coefficient (Wildman–Crippen LogP) is 3.14. The Kier molecular flexibility index (Phi) is 6.21. The number of benzene rings is 1. The molecule has 178 valence electrons. The zero-order chi connectivity index (χ0) is 23.7. The van der Waals surface area contributed by atoms with E-state index in [9.17, 15) is 4.79 Å². The number of likely N-dealkylation sites (tertiary alicyclic amines) is 1. The number of primary amides is 1. The quantitative estimate of drug-likeness (QED) is 0.560. The maximum absolute atomic E-state index is 12.1. The van der Waals surface area contributed by atoms with Crippen LogP contribution >= 0.6 is 0 Å². The van der Waals surface area contributed by atoms with Gasteiger partial charge in [0.05, 0.1) is 17.7 Å². The first-order valence-corrected chi connectivity index (χ1v) is 12.4. The molecular formula is C27H34N6O. The molecule has 2 aliphatic rings. The van der Waals surface area contributed by atoms with Crippen LogP contribution in [0, 0.1) is 6.92 Å². The van der Waals surface area contributed by atoms with E-state index in [0.717, 1.165) is 79.8 Å². The minimum atomic E-state index is -0.462. The average Bonchev–Trinajstić information content (AvgIpc) is 3.53. The van der Waals surface area contributed by atoms with Gasteiger partial charge in [-0.25, -0.2) is 9.97 Å². The lowest BCUT2D eigenvalue weighted by atomic mass is 9.88. The van der Waals surface area contributed by atoms with Gasteiger partial charge in [-0.15, -0.1) is 0 Å². The van der Waals surface area contributed by atoms with Crippen LogP contribution in [0.3, 0.4) is 0 Å². The van der Waals surface area contributed by atoms with Crippen LogP contribution in [0.5, 0.6) is 0 Å². The molecule has 1 aliphatic carbocycles. The Bertz CT molecular complexity index is 1170. The number of carbonyl (C=O) groups excluding carboxylic acids is 1. The molecule has 7 heteroatoms. The molecule has 1 aromatic carbocycles. The third kappa shape index (κ3) is 4.62. The molecule has 3 aromatic rings. The summed E-state index contributed by atoms with van der Waals surface area (Å²) in [5.41, 5.74) is 10.9. The normalized spacial score (nSPS) is 18.2. The highest BCUT2D eigenvalue weighted by atomic mass is 16.1. The number of amides is 1. The van der Waals surface area contributed by atoms with E-state index in [4.69, 9.17) is 10.7 Å². The zero-order valence-electron chi connectivity index (χ0n) is 20.2. The number of aromatic nitrogens is 4. The molecule has 0 atom stereocenters. The topological polar surface area (TPSA) is 89.9 Å². The van der Waals surface area contributed by atoms with E-state index in [1.165, 1.54) is 5.56 Å². The molecule has 1 aliphatic heterocycles. The molecule has 0 bridgehead atoms. The molecular weight excluding hydrogens is 424 g/mol. The number of aryl methyl sites for hydroxylation is 3. The molecule has 2 aromatic heterocycles. The van der Waals surface area contributed by atoms with Crippen LogP contribution in [0.15, 0.2) is 42.9 Å². The van der Waals surface area contributed by atoms with Gasteiger partial charge < -0.3 is 10.6 Å². The fraction of sp³-hybridized carbons (Fsp3) is 0.481. The Morgan fingerprint density at radius 2 is 1.91 bits per heavy atom. The van der Waals surface area contributed by atoms with E-state index in [0.29, 0.717) is 12.5 Å². The lowest BCUT2D eigenvalue weighted by molar-refractivity contribution is -0.120. The molecule has 34 heavy (non-hydrogen) atoms. The van der Waals surface area contributed by atoms with Crippen LogP contribution in [0.4, 0.5) is 0 Å². The molecule has 3 heterocycles. The van der Waals surface area contributed by atoms with Gasteiger partial charge in [-0.1, -0.05) is 24.3 Å². The standard InChI is InChI=1S/C27H34N6O/c1-19-16-29-25(15-20-17-30-33(18-20)22-9-13-32(2)14-10-22)31-24(19)8-7-21-5-3-4-6-23(21)27(11-12-27)26(28)34/h3-6,16-18,22H,7-15H2,1-2H3,(H2,28,34). The van der Waals surface area contributed by atoms with Crippen LogP contribution < -0.4 is 5.73 Å². The summed E-state index contributed by atoms with van der Waals surface area (Å²) < 4.78 is 2.13. The first-order chi connectivity index (χ1) is 16.4. The van der Waals surface area contributed by atoms with Crippen LogP contribution in [-0.2, 0) is 29.5 Å². The second kappa shape index (κ2) is 9.29. The van der Waals surface area contributed by atoms with Crippen molar-refractivity contribution in [1.82, 2.24) is 24.6 Å². The van der Waals surface area contributed by atoms with Gasteiger partial charge in [-0.3, -0.25) is 9.48 Å². The Morgan fingerprint density at radius 1 is 1.15 bits per heavy atom. The fourth-order valence-electron chi connectivity index (χ4n) is 5.20. The van der Waals surface area contributed by atoms with Gasteiger partial charge in [-0.2, -0.15) is 5.10 Å². The lowest BCUT2D eigenvalue weighted by Gasteiger charge is -2.28. The van der Waals surface area contributed by atoms with E-state index < -0.39 is 5.41 Å². The summed E-state index contributed by atoms with van der Waals surface area (Å²) in [5.74, 6) is 0.619. The molecule has 1 saturated heterocycles. The van der Waals surface area contributed by atoms with Crippen molar-refractivity contribution in [2.24, 2.45) is 5.73 Å². The molecule has 0 radical (unpaired) electrons. The third-order valence-corrected chi connectivity index (χ3v) is 7.59. The molecule has 7 nitrogen and oxygen atoms in total. The van der Waals surface area contributed by atoms with Gasteiger partial charge in [0.1, 0.15) is 5.82 Å². The summed E-state index contributed by atoms with van der Waals surface area (Å²) in [6.45, 7) is 4.30. The summed E-state index contributed by atoms with van der Waals surface area (Å²) >= 11 is 0. The summed E-state index contributed by atoms with van der Waals surface area (Å²) in [6, 6.07) is 8.70. The number of hydrogen-bond donors (Lipinski definition) is 1. The first kappa shape index (κ1) is 22.7. The van der Waals surface area contributed by atoms with Crippen LogP contribution in [0.1, 0.15) is 65.5 Å². The first-order valence-electron chi connectivity index (χ1n) is 12.4. The number of piperidine rings is 1. The number of carbonyl (C=O) groups is 1. The van der Waals surface area contributed by atoms with E-state index in [1.807, 2.05) is 24.5 Å². The van der Waals surface area contributed by atoms with Gasteiger partial charge >= 0.3 is 0 Å². The summed E-state index contributed by atoms with van der Waals surface area (Å²) in [5, 5.41) is 4.63. The van der Waals surface area contributed by atoms with Crippen molar-refractivity contribution in [3.8, 4) is 0 Å². The van der Waals surface area contributed by atoms with Crippen LogP contribution in [0.2, 0.25) is 0 Å². The van der Waals surface area contributed by atoms with Crippen molar-refractivity contribution in [1.29, 1.82) is 0 Å². The van der Waals surface area contributed by atoms with Gasteiger partial charge in [-0.05, 0) is 87.8 Å². The van der Waals surface area contributed by atoms with E-state index >= 15 is 0 Å². The molecule has 0 unspecified atom stereocenters. The highest BCUT2D eigenvalue weighted by Crippen LogP contribution is 2.49. The Labute approximate surface area is 201 Å². The molecule has 0 spiro atoms. The third-order valence-electron chi connectivity index (χ3n) is 7.59. The minimum absolute atomic E-state index is 0.207. The smallest absolute Gasteiger partial charge is 0.228 e. The van der Waals surface area contributed by atoms with Crippen LogP contribution in [-0.4, -0.2) is 50.7 Å². The molecule has 1 amide bonds. The van der Waals surface area contributed by atoms with Crippen molar-refractivity contribution in [2.75, 3.05) is 20.1 Å². The van der Waals surface area contributed by atoms with E-state index in [1.54, 1.807) is 0 Å². The second-order valence-electron chi connectivity index (χ2n) is 10.1. The number of nitrogens with zero attached hydrogens (tertiary/aromatic N) is 5. The summed E-state index contributed by atoms with van der Waals surface area (Å²) in [6.07, 6.45) is 12.3. The molecule has 1 saturated carbocycles. The number of hydrogen-bond acceptors (Lipinski definition) is 5. The SMILES string of the molecule is Cc1cnc(Cc2cnn(C3CCN(C)CC3)c2)nc1CCc1ccccc1C1(C(N)=O)CC1. The van der Waals surface area contributed by atoms with E-state index in [-0.39, 0.29) is 5.91 Å². The zero-order valence-corrected chi connectivity index (χ0v) is 20.2. The Morgan fingerprint density at radius 3 is 2.65 bits per heavy atom. The summed E-state index contributed by atoms with van der Waals surface area (Å²) in [4.78, 5) is 24.0. The molecule has 5 rings (SSSR count). The largest absolute Gasteiger partial charge is 0.369 e. The van der Waals surface area contributed by atoms with Crippen molar-refractivity contribution in [2.45, 2.75) is 63.3 Å². The fourth-order valence-corrected chi connectivity index (χ4v) is 5.20. The second-order valence-corrected chi connectivity index (χ2v) is 10.1. The van der Waals surface area contributed by atoms with Crippen molar-refractivity contribution >= 4 is 5.91 Å². The van der Waals surface area contributed by atoms with Gasteiger partial charge in [0.2, 0.25) is 5.91 Å².